The maximum atomic E-state index is 9.04. The third-order valence-corrected chi connectivity index (χ3v) is 2.45. The summed E-state index contributed by atoms with van der Waals surface area (Å²) < 4.78 is 0. The average molecular weight is 216 g/mol. The van der Waals surface area contributed by atoms with Gasteiger partial charge in [-0.3, -0.25) is 0 Å². The first-order valence-corrected chi connectivity index (χ1v) is 6.01. The number of aliphatic hydroxyl groups is 1. The van der Waals surface area contributed by atoms with E-state index < -0.39 is 6.10 Å². The zero-order chi connectivity index (χ0) is 11.8. The lowest BCUT2D eigenvalue weighted by atomic mass is 10.1. The summed E-state index contributed by atoms with van der Waals surface area (Å²) in [4.78, 5) is 0. The lowest BCUT2D eigenvalue weighted by molar-refractivity contribution is 0.253. The van der Waals surface area contributed by atoms with Crippen molar-refractivity contribution in [1.29, 1.82) is 0 Å². The van der Waals surface area contributed by atoms with Crippen LogP contribution in [0, 0.1) is 11.8 Å². The van der Waals surface area contributed by atoms with Crippen molar-refractivity contribution in [3.63, 3.8) is 0 Å². The van der Waals surface area contributed by atoms with Gasteiger partial charge in [0.2, 0.25) is 0 Å². The summed E-state index contributed by atoms with van der Waals surface area (Å²) in [6.45, 7) is 3.89. The van der Waals surface area contributed by atoms with Gasteiger partial charge in [0, 0.05) is 5.56 Å². The van der Waals surface area contributed by atoms with Crippen LogP contribution in [0.3, 0.4) is 0 Å². The van der Waals surface area contributed by atoms with Gasteiger partial charge in [-0.1, -0.05) is 43.7 Å². The van der Waals surface area contributed by atoms with Crippen LogP contribution >= 0.6 is 0 Å². The molecule has 1 aromatic carbocycles. The number of unbranched alkanes of at least 4 members (excludes halogenated alkanes) is 2. The predicted molar refractivity (Wildman–Crippen MR) is 68.2 cm³/mol. The Morgan fingerprint density at radius 2 is 1.88 bits per heavy atom. The molecule has 0 bridgehead atoms. The molecule has 0 saturated carbocycles. The average Bonchev–Trinajstić information content (AvgIpc) is 2.28. The van der Waals surface area contributed by atoms with Gasteiger partial charge < -0.3 is 5.11 Å². The maximum Gasteiger partial charge on any atom is 0.112 e. The summed E-state index contributed by atoms with van der Waals surface area (Å²) in [7, 11) is 0. The van der Waals surface area contributed by atoms with Gasteiger partial charge in [0.15, 0.2) is 0 Å². The van der Waals surface area contributed by atoms with Crippen LogP contribution in [0.5, 0.6) is 0 Å². The van der Waals surface area contributed by atoms with Gasteiger partial charge in [-0.2, -0.15) is 0 Å². The molecule has 0 aliphatic carbocycles. The van der Waals surface area contributed by atoms with Gasteiger partial charge in [-0.15, -0.1) is 0 Å². The minimum absolute atomic E-state index is 0.552. The number of aliphatic hydroxyl groups excluding tert-OH is 1. The van der Waals surface area contributed by atoms with Crippen LogP contribution in [0.15, 0.2) is 24.3 Å². The summed E-state index contributed by atoms with van der Waals surface area (Å²) in [5, 5.41) is 9.04. The van der Waals surface area contributed by atoms with Gasteiger partial charge in [-0.25, -0.2) is 0 Å². The van der Waals surface area contributed by atoms with Crippen molar-refractivity contribution >= 4 is 0 Å². The molecule has 0 amide bonds. The number of aryl methyl sites for hydroxylation is 1. The molecule has 0 saturated heterocycles. The van der Waals surface area contributed by atoms with Crippen molar-refractivity contribution in [3.8, 4) is 11.8 Å². The van der Waals surface area contributed by atoms with E-state index in [-0.39, 0.29) is 0 Å². The van der Waals surface area contributed by atoms with Crippen LogP contribution in [0.25, 0.3) is 0 Å². The second-order valence-corrected chi connectivity index (χ2v) is 4.10. The van der Waals surface area contributed by atoms with Crippen molar-refractivity contribution in [2.24, 2.45) is 0 Å². The molecule has 1 nitrogen and oxygen atoms in total. The quantitative estimate of drug-likeness (QED) is 0.605. The normalized spacial score (nSPS) is 11.7. The van der Waals surface area contributed by atoms with E-state index in [0.717, 1.165) is 12.0 Å². The monoisotopic (exact) mass is 216 g/mol. The Balaban J connectivity index is 2.52. The summed E-state index contributed by atoms with van der Waals surface area (Å²) in [5.41, 5.74) is 2.34. The van der Waals surface area contributed by atoms with E-state index >= 15 is 0 Å². The van der Waals surface area contributed by atoms with E-state index in [1.807, 2.05) is 12.1 Å². The molecule has 0 spiro atoms. The molecular formula is C15H20O. The van der Waals surface area contributed by atoms with Crippen LogP contribution in [-0.4, -0.2) is 11.2 Å². The zero-order valence-electron chi connectivity index (χ0n) is 10.2. The fourth-order valence-corrected chi connectivity index (χ4v) is 1.52. The van der Waals surface area contributed by atoms with E-state index in [1.165, 1.54) is 24.8 Å². The summed E-state index contributed by atoms with van der Waals surface area (Å²) in [6, 6.07) is 8.30. The second-order valence-electron chi connectivity index (χ2n) is 4.10. The zero-order valence-corrected chi connectivity index (χ0v) is 10.2. The summed E-state index contributed by atoms with van der Waals surface area (Å²) in [5.74, 6) is 5.68. The summed E-state index contributed by atoms with van der Waals surface area (Å²) >= 11 is 0. The van der Waals surface area contributed by atoms with Gasteiger partial charge in [0.05, 0.1) is 0 Å². The SMILES string of the molecule is CCCCCc1ccc(C#CC(C)O)cc1. The predicted octanol–water partition coefficient (Wildman–Crippen LogP) is 3.15. The van der Waals surface area contributed by atoms with Crippen molar-refractivity contribution < 1.29 is 5.11 Å². The van der Waals surface area contributed by atoms with Crippen molar-refractivity contribution in [2.45, 2.75) is 45.6 Å². The van der Waals surface area contributed by atoms with Crippen LogP contribution in [-0.2, 0) is 6.42 Å². The third-order valence-electron chi connectivity index (χ3n) is 2.45. The van der Waals surface area contributed by atoms with Crippen LogP contribution in [0.1, 0.15) is 44.2 Å². The molecule has 0 radical (unpaired) electrons. The molecule has 86 valence electrons. The lowest BCUT2D eigenvalue weighted by Gasteiger charge is -2.00. The minimum Gasteiger partial charge on any atom is -0.381 e. The van der Waals surface area contributed by atoms with E-state index in [2.05, 4.69) is 30.9 Å². The van der Waals surface area contributed by atoms with Gasteiger partial charge in [0.1, 0.15) is 6.10 Å². The van der Waals surface area contributed by atoms with Gasteiger partial charge >= 0.3 is 0 Å². The third kappa shape index (κ3) is 5.00. The van der Waals surface area contributed by atoms with Crippen molar-refractivity contribution in [2.75, 3.05) is 0 Å². The van der Waals surface area contributed by atoms with Gasteiger partial charge in [-0.05, 0) is 37.5 Å². The number of hydrogen-bond donors (Lipinski definition) is 1. The fraction of sp³-hybridized carbons (Fsp3) is 0.467. The van der Waals surface area contributed by atoms with Crippen molar-refractivity contribution in [1.82, 2.24) is 0 Å². The Labute approximate surface area is 98.5 Å². The highest BCUT2D eigenvalue weighted by atomic mass is 16.3. The lowest BCUT2D eigenvalue weighted by Crippen LogP contribution is -1.92. The first-order valence-electron chi connectivity index (χ1n) is 6.01. The second kappa shape index (κ2) is 7.09. The Hall–Kier alpha value is -1.26. The largest absolute Gasteiger partial charge is 0.381 e. The fourth-order valence-electron chi connectivity index (χ4n) is 1.52. The molecular weight excluding hydrogens is 196 g/mol. The number of hydrogen-bond acceptors (Lipinski definition) is 1. The van der Waals surface area contributed by atoms with E-state index in [0.29, 0.717) is 0 Å². The smallest absolute Gasteiger partial charge is 0.112 e. The Morgan fingerprint density at radius 1 is 1.19 bits per heavy atom. The molecule has 1 aromatic rings. The highest BCUT2D eigenvalue weighted by Gasteiger charge is 1.93. The Bertz CT molecular complexity index is 351. The first kappa shape index (κ1) is 12.8. The highest BCUT2D eigenvalue weighted by Crippen LogP contribution is 2.08. The molecule has 1 atom stereocenters. The van der Waals surface area contributed by atoms with E-state index in [4.69, 9.17) is 5.11 Å². The van der Waals surface area contributed by atoms with Gasteiger partial charge in [0.25, 0.3) is 0 Å². The minimum atomic E-state index is -0.552. The first-order chi connectivity index (χ1) is 7.72. The topological polar surface area (TPSA) is 20.2 Å². The van der Waals surface area contributed by atoms with Crippen molar-refractivity contribution in [3.05, 3.63) is 35.4 Å². The highest BCUT2D eigenvalue weighted by molar-refractivity contribution is 5.36. The molecule has 1 heteroatoms. The molecule has 1 N–H and O–H groups in total. The standard InChI is InChI=1S/C15H20O/c1-3-4-5-6-14-9-11-15(12-10-14)8-7-13(2)16/h9-13,16H,3-6H2,1-2H3. The molecule has 16 heavy (non-hydrogen) atoms. The molecule has 0 heterocycles. The molecule has 0 aliphatic rings. The number of rotatable bonds is 4. The number of benzene rings is 1. The molecule has 1 unspecified atom stereocenters. The van der Waals surface area contributed by atoms with Crippen LogP contribution < -0.4 is 0 Å². The Kier molecular flexibility index (Phi) is 5.67. The molecule has 0 aromatic heterocycles. The van der Waals surface area contributed by atoms with E-state index in [1.54, 1.807) is 6.92 Å². The van der Waals surface area contributed by atoms with Crippen LogP contribution in [0.4, 0.5) is 0 Å². The van der Waals surface area contributed by atoms with Crippen LogP contribution in [0.2, 0.25) is 0 Å². The maximum absolute atomic E-state index is 9.04. The van der Waals surface area contributed by atoms with E-state index in [9.17, 15) is 0 Å². The summed E-state index contributed by atoms with van der Waals surface area (Å²) in [6.07, 6.45) is 4.42. The Morgan fingerprint density at radius 3 is 2.44 bits per heavy atom. The molecule has 0 aliphatic heterocycles. The molecule has 1 rings (SSSR count). The molecule has 0 fully saturated rings.